The number of hydrogen-bond acceptors (Lipinski definition) is 4. The molecule has 2 N–H and O–H groups in total. The maximum atomic E-state index is 10.7. The fourth-order valence-corrected chi connectivity index (χ4v) is 1.09. The minimum Gasteiger partial charge on any atom is -0.506 e. The van der Waals surface area contributed by atoms with Crippen molar-refractivity contribution in [2.45, 2.75) is 5.51 Å². The molecule has 0 aliphatic heterocycles. The van der Waals surface area contributed by atoms with Crippen LogP contribution in [0.1, 0.15) is 0 Å². The molecule has 0 fully saturated rings. The van der Waals surface area contributed by atoms with Crippen LogP contribution >= 0.6 is 0 Å². The number of phenolic OH excluding ortho intramolecular Hbond substituents is 1. The lowest BCUT2D eigenvalue weighted by molar-refractivity contribution is -0.0510. The first kappa shape index (κ1) is 15.2. The lowest BCUT2D eigenvalue weighted by Gasteiger charge is -1.97. The van der Waals surface area contributed by atoms with E-state index in [0.717, 1.165) is 5.39 Å². The van der Waals surface area contributed by atoms with Gasteiger partial charge < -0.3 is 5.11 Å². The zero-order valence-electron chi connectivity index (χ0n) is 9.16. The van der Waals surface area contributed by atoms with Crippen molar-refractivity contribution < 1.29 is 31.2 Å². The number of rotatable bonds is 0. The van der Waals surface area contributed by atoms with Crippen LogP contribution in [0.25, 0.3) is 10.9 Å². The van der Waals surface area contributed by atoms with Gasteiger partial charge in [0, 0.05) is 11.6 Å². The second-order valence-corrected chi connectivity index (χ2v) is 4.69. The van der Waals surface area contributed by atoms with Gasteiger partial charge in [-0.3, -0.25) is 9.54 Å². The van der Waals surface area contributed by atoms with Gasteiger partial charge in [0.25, 0.3) is 0 Å². The van der Waals surface area contributed by atoms with Crippen molar-refractivity contribution in [3.05, 3.63) is 36.5 Å². The highest BCUT2D eigenvalue weighted by atomic mass is 32.2. The average Bonchev–Trinajstić information content (AvgIpc) is 2.28. The molecule has 0 atom stereocenters. The Bertz CT molecular complexity index is 665. The molecule has 0 saturated heterocycles. The van der Waals surface area contributed by atoms with Gasteiger partial charge in [-0.2, -0.15) is 21.6 Å². The Balaban J connectivity index is 0.000000203. The summed E-state index contributed by atoms with van der Waals surface area (Å²) >= 11 is 0. The summed E-state index contributed by atoms with van der Waals surface area (Å²) in [4.78, 5) is 4.03. The third-order valence-electron chi connectivity index (χ3n) is 1.90. The van der Waals surface area contributed by atoms with E-state index in [9.17, 15) is 18.3 Å². The normalized spacial score (nSPS) is 11.8. The van der Waals surface area contributed by atoms with Crippen molar-refractivity contribution in [1.29, 1.82) is 0 Å². The summed E-state index contributed by atoms with van der Waals surface area (Å²) in [5.41, 5.74) is -4.87. The molecule has 1 aromatic heterocycles. The van der Waals surface area contributed by atoms with Crippen LogP contribution in [-0.2, 0) is 10.1 Å². The number of nitrogens with zero attached hydrogens (tertiary/aromatic N) is 1. The van der Waals surface area contributed by atoms with Crippen LogP contribution in [0.5, 0.6) is 5.75 Å². The standard InChI is InChI=1S/C9H7NO.CHF3O3S/c11-8-5-1-3-7-4-2-6-10-9(7)8;2-1(3,4)8(5,6)7/h1-6,11H;(H,5,6,7). The molecule has 0 aliphatic carbocycles. The molecule has 0 spiro atoms. The van der Waals surface area contributed by atoms with E-state index in [0.29, 0.717) is 5.52 Å². The predicted molar refractivity (Wildman–Crippen MR) is 61.0 cm³/mol. The zero-order valence-corrected chi connectivity index (χ0v) is 9.98. The number of aromatic hydroxyl groups is 1. The maximum Gasteiger partial charge on any atom is 0.522 e. The number of fused-ring (bicyclic) bond motifs is 1. The molecule has 9 heteroatoms. The first-order valence-corrected chi connectivity index (χ1v) is 6.13. The van der Waals surface area contributed by atoms with E-state index in [1.165, 1.54) is 0 Å². The monoisotopic (exact) mass is 295 g/mol. The first-order chi connectivity index (χ1) is 8.63. The summed E-state index contributed by atoms with van der Waals surface area (Å²) in [6.07, 6.45) is 1.67. The van der Waals surface area contributed by atoms with Crippen molar-refractivity contribution in [2.24, 2.45) is 0 Å². The van der Waals surface area contributed by atoms with E-state index >= 15 is 0 Å². The van der Waals surface area contributed by atoms with Crippen molar-refractivity contribution in [2.75, 3.05) is 0 Å². The van der Waals surface area contributed by atoms with Crippen LogP contribution in [0.3, 0.4) is 0 Å². The third-order valence-corrected chi connectivity index (χ3v) is 2.49. The quantitative estimate of drug-likeness (QED) is 0.575. The summed E-state index contributed by atoms with van der Waals surface area (Å²) in [7, 11) is -5.84. The van der Waals surface area contributed by atoms with Gasteiger partial charge >= 0.3 is 15.6 Å². The molecule has 1 heterocycles. The molecular weight excluding hydrogens is 287 g/mol. The second-order valence-electron chi connectivity index (χ2n) is 3.27. The number of alkyl halides is 3. The van der Waals surface area contributed by atoms with Crippen LogP contribution in [0, 0.1) is 0 Å². The average molecular weight is 295 g/mol. The smallest absolute Gasteiger partial charge is 0.506 e. The van der Waals surface area contributed by atoms with Gasteiger partial charge in [-0.05, 0) is 12.1 Å². The van der Waals surface area contributed by atoms with Gasteiger partial charge in [0.05, 0.1) is 0 Å². The van der Waals surface area contributed by atoms with Crippen LogP contribution in [-0.4, -0.2) is 28.6 Å². The second kappa shape index (κ2) is 5.41. The number of benzene rings is 1. The van der Waals surface area contributed by atoms with Crippen molar-refractivity contribution in [3.8, 4) is 5.75 Å². The zero-order chi connectivity index (χ0) is 14.7. The minimum atomic E-state index is -5.84. The number of halogens is 3. The predicted octanol–water partition coefficient (Wildman–Crippen LogP) is 2.33. The van der Waals surface area contributed by atoms with Crippen LogP contribution in [0.4, 0.5) is 13.2 Å². The molecule has 0 aliphatic rings. The Hall–Kier alpha value is -1.87. The molecule has 19 heavy (non-hydrogen) atoms. The summed E-state index contributed by atoms with van der Waals surface area (Å²) in [5.74, 6) is 0.239. The van der Waals surface area contributed by atoms with Gasteiger partial charge in [-0.15, -0.1) is 0 Å². The summed E-state index contributed by atoms with van der Waals surface area (Å²) in [5, 5.41) is 10.3. The van der Waals surface area contributed by atoms with E-state index in [4.69, 9.17) is 13.0 Å². The van der Waals surface area contributed by atoms with E-state index in [2.05, 4.69) is 4.98 Å². The Kier molecular flexibility index (Phi) is 4.32. The Morgan fingerprint density at radius 3 is 2.11 bits per heavy atom. The van der Waals surface area contributed by atoms with Crippen molar-refractivity contribution in [3.63, 3.8) is 0 Å². The van der Waals surface area contributed by atoms with Crippen molar-refractivity contribution in [1.82, 2.24) is 4.98 Å². The molecule has 2 rings (SSSR count). The molecule has 0 unspecified atom stereocenters. The third kappa shape index (κ3) is 4.07. The van der Waals surface area contributed by atoms with Gasteiger partial charge in [0.1, 0.15) is 11.3 Å². The molecule has 5 nitrogen and oxygen atoms in total. The van der Waals surface area contributed by atoms with Gasteiger partial charge in [-0.25, -0.2) is 0 Å². The molecule has 104 valence electrons. The van der Waals surface area contributed by atoms with E-state index in [1.54, 1.807) is 18.3 Å². The number of hydrogen-bond donors (Lipinski definition) is 2. The van der Waals surface area contributed by atoms with E-state index < -0.39 is 15.6 Å². The Labute approximate surface area is 106 Å². The fourth-order valence-electron chi connectivity index (χ4n) is 1.09. The number of para-hydroxylation sites is 1. The molecule has 1 aromatic carbocycles. The van der Waals surface area contributed by atoms with Gasteiger partial charge in [0.15, 0.2) is 0 Å². The summed E-state index contributed by atoms with van der Waals surface area (Å²) in [6, 6.07) is 9.13. The number of pyridine rings is 1. The summed E-state index contributed by atoms with van der Waals surface area (Å²) in [6.45, 7) is 0. The molecule has 0 saturated carbocycles. The highest BCUT2D eigenvalue weighted by molar-refractivity contribution is 7.86. The lowest BCUT2D eigenvalue weighted by atomic mass is 10.2. The molecule has 0 bridgehead atoms. The lowest BCUT2D eigenvalue weighted by Crippen LogP contribution is -2.21. The largest absolute Gasteiger partial charge is 0.522 e. The van der Waals surface area contributed by atoms with Crippen LogP contribution in [0.15, 0.2) is 36.5 Å². The highest BCUT2D eigenvalue weighted by Gasteiger charge is 2.44. The molecule has 2 aromatic rings. The topological polar surface area (TPSA) is 87.5 Å². The fraction of sp³-hybridized carbons (Fsp3) is 0.100. The Morgan fingerprint density at radius 2 is 1.63 bits per heavy atom. The van der Waals surface area contributed by atoms with Crippen LogP contribution in [0.2, 0.25) is 0 Å². The maximum absolute atomic E-state index is 10.7. The van der Waals surface area contributed by atoms with Gasteiger partial charge in [-0.1, -0.05) is 18.2 Å². The molecule has 0 radical (unpaired) electrons. The van der Waals surface area contributed by atoms with Crippen molar-refractivity contribution >= 4 is 21.0 Å². The molecule has 0 amide bonds. The number of phenols is 1. The first-order valence-electron chi connectivity index (χ1n) is 4.69. The van der Waals surface area contributed by atoms with Crippen LogP contribution < -0.4 is 0 Å². The highest BCUT2D eigenvalue weighted by Crippen LogP contribution is 2.21. The molecular formula is C10H8F3NO4S. The van der Waals surface area contributed by atoms with Gasteiger partial charge in [0.2, 0.25) is 0 Å². The SMILES string of the molecule is O=S(=O)(O)C(F)(F)F.Oc1cccc2cccnc12. The Morgan fingerprint density at radius 1 is 1.11 bits per heavy atom. The van der Waals surface area contributed by atoms with E-state index in [-0.39, 0.29) is 5.75 Å². The minimum absolute atomic E-state index is 0.239. The number of aromatic nitrogens is 1. The van der Waals surface area contributed by atoms with E-state index in [1.807, 2.05) is 18.2 Å². The summed E-state index contributed by atoms with van der Waals surface area (Å²) < 4.78 is 57.5.